The molecular formula is C15H24N4O2S. The molecule has 6 nitrogen and oxygen atoms in total. The Morgan fingerprint density at radius 1 is 1.59 bits per heavy atom. The van der Waals surface area contributed by atoms with E-state index in [1.807, 2.05) is 6.20 Å². The van der Waals surface area contributed by atoms with Crippen LogP contribution < -0.4 is 5.32 Å². The molecule has 0 aromatic carbocycles. The highest BCUT2D eigenvalue weighted by molar-refractivity contribution is 7.11. The van der Waals surface area contributed by atoms with Crippen molar-refractivity contribution in [2.24, 2.45) is 16.8 Å². The standard InChI is InChI=1S/C15H24N4O2S/c1-10-8-19(9-12(10)14(20)21-4)15(16-3)17-6-5-13-18-7-11(2)22-13/h7,10,12H,5-6,8-9H2,1-4H3,(H,16,17). The van der Waals surface area contributed by atoms with Crippen molar-refractivity contribution in [3.05, 3.63) is 16.1 Å². The number of esters is 1. The molecule has 0 amide bonds. The number of hydrogen-bond donors (Lipinski definition) is 1. The molecule has 1 N–H and O–H groups in total. The SMILES string of the molecule is CN=C(NCCc1ncc(C)s1)N1CC(C)C(C(=O)OC)C1. The number of carbonyl (C=O) groups excluding carboxylic acids is 1. The van der Waals surface area contributed by atoms with E-state index in [1.165, 1.54) is 12.0 Å². The molecule has 0 bridgehead atoms. The Labute approximate surface area is 135 Å². The topological polar surface area (TPSA) is 66.8 Å². The molecule has 0 spiro atoms. The van der Waals surface area contributed by atoms with Gasteiger partial charge in [0.2, 0.25) is 0 Å². The maximum atomic E-state index is 11.8. The van der Waals surface area contributed by atoms with E-state index in [-0.39, 0.29) is 17.8 Å². The number of ether oxygens (including phenoxy) is 1. The van der Waals surface area contributed by atoms with Crippen LogP contribution in [-0.2, 0) is 16.0 Å². The van der Waals surface area contributed by atoms with Gasteiger partial charge < -0.3 is 15.0 Å². The number of likely N-dealkylation sites (tertiary alicyclic amines) is 1. The normalized spacial score (nSPS) is 22.0. The van der Waals surface area contributed by atoms with Crippen molar-refractivity contribution in [2.75, 3.05) is 33.8 Å². The lowest BCUT2D eigenvalue weighted by atomic mass is 9.99. The van der Waals surface area contributed by atoms with Crippen LogP contribution in [0.4, 0.5) is 0 Å². The van der Waals surface area contributed by atoms with Gasteiger partial charge in [-0.1, -0.05) is 6.92 Å². The fraction of sp³-hybridized carbons (Fsp3) is 0.667. The average molecular weight is 324 g/mol. The van der Waals surface area contributed by atoms with Gasteiger partial charge in [0.25, 0.3) is 0 Å². The number of guanidine groups is 1. The third-order valence-electron chi connectivity index (χ3n) is 3.92. The summed E-state index contributed by atoms with van der Waals surface area (Å²) in [6.07, 6.45) is 2.78. The number of aryl methyl sites for hydroxylation is 1. The monoisotopic (exact) mass is 324 g/mol. The van der Waals surface area contributed by atoms with Crippen LogP contribution in [0.1, 0.15) is 16.8 Å². The average Bonchev–Trinajstić information content (AvgIpc) is 3.09. The van der Waals surface area contributed by atoms with Gasteiger partial charge in [-0.3, -0.25) is 9.79 Å². The Balaban J connectivity index is 1.86. The number of carbonyl (C=O) groups is 1. The van der Waals surface area contributed by atoms with Gasteiger partial charge in [-0.25, -0.2) is 4.98 Å². The van der Waals surface area contributed by atoms with Gasteiger partial charge in [0.05, 0.1) is 18.0 Å². The first-order valence-corrected chi connectivity index (χ1v) is 8.31. The second-order valence-electron chi connectivity index (χ2n) is 5.60. The van der Waals surface area contributed by atoms with Crippen LogP contribution in [0.25, 0.3) is 0 Å². The summed E-state index contributed by atoms with van der Waals surface area (Å²) in [6, 6.07) is 0. The van der Waals surface area contributed by atoms with Crippen LogP contribution in [-0.4, -0.2) is 55.6 Å². The minimum absolute atomic E-state index is 0.0786. The largest absolute Gasteiger partial charge is 0.469 e. The van der Waals surface area contributed by atoms with E-state index in [0.717, 1.165) is 30.5 Å². The highest BCUT2D eigenvalue weighted by Crippen LogP contribution is 2.24. The smallest absolute Gasteiger partial charge is 0.310 e. The number of hydrogen-bond acceptors (Lipinski definition) is 5. The highest BCUT2D eigenvalue weighted by atomic mass is 32.1. The summed E-state index contributed by atoms with van der Waals surface area (Å²) in [7, 11) is 3.22. The molecule has 0 radical (unpaired) electrons. The van der Waals surface area contributed by atoms with E-state index >= 15 is 0 Å². The van der Waals surface area contributed by atoms with Crippen LogP contribution in [0.5, 0.6) is 0 Å². The Bertz CT molecular complexity index is 543. The van der Waals surface area contributed by atoms with Crippen LogP contribution in [0.3, 0.4) is 0 Å². The van der Waals surface area contributed by atoms with Gasteiger partial charge >= 0.3 is 5.97 Å². The zero-order chi connectivity index (χ0) is 16.1. The third kappa shape index (κ3) is 3.97. The maximum absolute atomic E-state index is 11.8. The molecule has 0 aliphatic carbocycles. The first-order valence-electron chi connectivity index (χ1n) is 7.50. The van der Waals surface area contributed by atoms with Gasteiger partial charge in [0.1, 0.15) is 0 Å². The van der Waals surface area contributed by atoms with Gasteiger partial charge in [0.15, 0.2) is 5.96 Å². The van der Waals surface area contributed by atoms with Crippen LogP contribution >= 0.6 is 11.3 Å². The first-order chi connectivity index (χ1) is 10.5. The number of methoxy groups -OCH3 is 1. The number of nitrogens with zero attached hydrogens (tertiary/aromatic N) is 3. The van der Waals surface area contributed by atoms with Gasteiger partial charge in [0, 0.05) is 44.2 Å². The lowest BCUT2D eigenvalue weighted by molar-refractivity contribution is -0.145. The summed E-state index contributed by atoms with van der Waals surface area (Å²) in [5, 5.41) is 4.49. The molecule has 7 heteroatoms. The van der Waals surface area contributed by atoms with Crippen molar-refractivity contribution in [3.63, 3.8) is 0 Å². The van der Waals surface area contributed by atoms with Crippen molar-refractivity contribution >= 4 is 23.3 Å². The Kier molecular flexibility index (Phi) is 5.76. The first kappa shape index (κ1) is 16.7. The molecule has 0 saturated carbocycles. The molecule has 2 atom stereocenters. The van der Waals surface area contributed by atoms with Crippen molar-refractivity contribution in [2.45, 2.75) is 20.3 Å². The molecule has 2 heterocycles. The summed E-state index contributed by atoms with van der Waals surface area (Å²) >= 11 is 1.72. The van der Waals surface area contributed by atoms with Crippen LogP contribution in [0.2, 0.25) is 0 Å². The van der Waals surface area contributed by atoms with Crippen molar-refractivity contribution in [1.82, 2.24) is 15.2 Å². The lowest BCUT2D eigenvalue weighted by Gasteiger charge is -2.21. The second kappa shape index (κ2) is 7.58. The number of thiazole rings is 1. The molecule has 122 valence electrons. The molecule has 1 saturated heterocycles. The Morgan fingerprint density at radius 3 is 2.95 bits per heavy atom. The molecule has 2 rings (SSSR count). The van der Waals surface area contributed by atoms with E-state index < -0.39 is 0 Å². The van der Waals surface area contributed by atoms with Gasteiger partial charge in [-0.15, -0.1) is 11.3 Å². The lowest BCUT2D eigenvalue weighted by Crippen LogP contribution is -2.41. The molecule has 1 aromatic heterocycles. The second-order valence-corrected chi connectivity index (χ2v) is 6.92. The molecule has 1 aliphatic rings. The van der Waals surface area contributed by atoms with Crippen LogP contribution in [0, 0.1) is 18.8 Å². The molecule has 22 heavy (non-hydrogen) atoms. The minimum atomic E-state index is -0.135. The van der Waals surface area contributed by atoms with Crippen molar-refractivity contribution in [1.29, 1.82) is 0 Å². The zero-order valence-corrected chi connectivity index (χ0v) is 14.4. The van der Waals surface area contributed by atoms with E-state index in [4.69, 9.17) is 4.74 Å². The summed E-state index contributed by atoms with van der Waals surface area (Å²) in [4.78, 5) is 23.8. The maximum Gasteiger partial charge on any atom is 0.310 e. The molecule has 2 unspecified atom stereocenters. The molecule has 1 aromatic rings. The number of nitrogens with one attached hydrogen (secondary N) is 1. The van der Waals surface area contributed by atoms with E-state index in [1.54, 1.807) is 18.4 Å². The summed E-state index contributed by atoms with van der Waals surface area (Å²) in [6.45, 7) is 6.40. The predicted octanol–water partition coefficient (Wildman–Crippen LogP) is 1.31. The Morgan fingerprint density at radius 2 is 2.36 bits per heavy atom. The quantitative estimate of drug-likeness (QED) is 0.514. The van der Waals surface area contributed by atoms with Crippen LogP contribution in [0.15, 0.2) is 11.2 Å². The molecular weight excluding hydrogens is 300 g/mol. The summed E-state index contributed by atoms with van der Waals surface area (Å²) < 4.78 is 4.87. The Hall–Kier alpha value is -1.63. The number of rotatable bonds is 4. The van der Waals surface area contributed by atoms with Gasteiger partial charge in [-0.05, 0) is 12.8 Å². The van der Waals surface area contributed by atoms with Crippen molar-refractivity contribution in [3.8, 4) is 0 Å². The minimum Gasteiger partial charge on any atom is -0.469 e. The predicted molar refractivity (Wildman–Crippen MR) is 88.2 cm³/mol. The molecule has 1 aliphatic heterocycles. The van der Waals surface area contributed by atoms with Crippen molar-refractivity contribution < 1.29 is 9.53 Å². The van der Waals surface area contributed by atoms with Gasteiger partial charge in [-0.2, -0.15) is 0 Å². The van der Waals surface area contributed by atoms with E-state index in [2.05, 4.69) is 34.0 Å². The fourth-order valence-electron chi connectivity index (χ4n) is 2.73. The molecule has 1 fully saturated rings. The third-order valence-corrected chi connectivity index (χ3v) is 4.89. The summed E-state index contributed by atoms with van der Waals surface area (Å²) in [5.41, 5.74) is 0. The summed E-state index contributed by atoms with van der Waals surface area (Å²) in [5.74, 6) is 0.896. The van der Waals surface area contributed by atoms with E-state index in [9.17, 15) is 4.79 Å². The van der Waals surface area contributed by atoms with E-state index in [0.29, 0.717) is 6.54 Å². The zero-order valence-electron chi connectivity index (χ0n) is 13.6. The highest BCUT2D eigenvalue weighted by Gasteiger charge is 2.36. The number of aromatic nitrogens is 1. The number of aliphatic imine (C=N–C) groups is 1. The fourth-order valence-corrected chi connectivity index (χ4v) is 3.52.